The van der Waals surface area contributed by atoms with Crippen LogP contribution in [0.3, 0.4) is 0 Å². The van der Waals surface area contributed by atoms with Crippen molar-refractivity contribution >= 4 is 60.9 Å². The maximum absolute atomic E-state index is 6.48. The number of rotatable bonds is 5. The van der Waals surface area contributed by atoms with E-state index in [-0.39, 0.29) is 0 Å². The summed E-state index contributed by atoms with van der Waals surface area (Å²) in [6.45, 7) is 0. The van der Waals surface area contributed by atoms with E-state index in [1.54, 1.807) is 0 Å². The van der Waals surface area contributed by atoms with Crippen LogP contribution in [0.2, 0.25) is 0 Å². The lowest BCUT2D eigenvalue weighted by Crippen LogP contribution is -2.25. The molecule has 0 unspecified atom stereocenters. The van der Waals surface area contributed by atoms with Gasteiger partial charge in [0.05, 0.1) is 5.41 Å². The minimum absolute atomic E-state index is 0.402. The van der Waals surface area contributed by atoms with Crippen LogP contribution >= 0.6 is 0 Å². The van der Waals surface area contributed by atoms with Crippen molar-refractivity contribution in [2.75, 3.05) is 4.90 Å². The minimum Gasteiger partial charge on any atom is -0.455 e. The molecule has 0 bridgehead atoms. The number of nitrogens with zero attached hydrogens (tertiary/aromatic N) is 1. The number of hydrogen-bond acceptors (Lipinski definition) is 3. The molecule has 2 aromatic heterocycles. The number of benzene rings is 10. The molecule has 0 atom stereocenters. The van der Waals surface area contributed by atoms with E-state index in [1.807, 2.05) is 24.3 Å². The lowest BCUT2D eigenvalue weighted by Gasteiger charge is -2.31. The first kappa shape index (κ1) is 35.2. The third kappa shape index (κ3) is 4.81. The summed E-state index contributed by atoms with van der Waals surface area (Å²) < 4.78 is 13.0. The van der Waals surface area contributed by atoms with Crippen molar-refractivity contribution in [2.24, 2.45) is 0 Å². The van der Waals surface area contributed by atoms with Gasteiger partial charge in [0.25, 0.3) is 0 Å². The number of para-hydroxylation sites is 4. The Morgan fingerprint density at radius 3 is 1.16 bits per heavy atom. The zero-order valence-electron chi connectivity index (χ0n) is 34.6. The molecule has 3 nitrogen and oxygen atoms in total. The molecule has 0 fully saturated rings. The van der Waals surface area contributed by atoms with Crippen LogP contribution in [-0.4, -0.2) is 0 Å². The van der Waals surface area contributed by atoms with E-state index in [1.165, 1.54) is 44.5 Å². The van der Waals surface area contributed by atoms with Crippen molar-refractivity contribution in [3.8, 4) is 44.5 Å². The fraction of sp³-hybridized carbons (Fsp3) is 0.0164. The van der Waals surface area contributed by atoms with Crippen molar-refractivity contribution in [1.82, 2.24) is 0 Å². The van der Waals surface area contributed by atoms with E-state index in [0.29, 0.717) is 0 Å². The number of hydrogen-bond donors (Lipinski definition) is 0. The van der Waals surface area contributed by atoms with Crippen LogP contribution in [0.4, 0.5) is 17.1 Å². The van der Waals surface area contributed by atoms with Gasteiger partial charge in [-0.05, 0) is 104 Å². The van der Waals surface area contributed by atoms with Crippen LogP contribution in [-0.2, 0) is 5.41 Å². The van der Waals surface area contributed by atoms with Gasteiger partial charge in [-0.2, -0.15) is 0 Å². The molecule has 0 amide bonds. The highest BCUT2D eigenvalue weighted by molar-refractivity contribution is 6.11. The molecule has 64 heavy (non-hydrogen) atoms. The Kier molecular flexibility index (Phi) is 7.32. The molecule has 298 valence electrons. The molecule has 14 rings (SSSR count). The normalized spacial score (nSPS) is 13.1. The van der Waals surface area contributed by atoms with Crippen LogP contribution in [0, 0.1) is 0 Å². The molecule has 2 aliphatic rings. The van der Waals surface area contributed by atoms with E-state index in [9.17, 15) is 0 Å². The second kappa shape index (κ2) is 13.3. The summed E-state index contributed by atoms with van der Waals surface area (Å²) >= 11 is 0. The summed E-state index contributed by atoms with van der Waals surface area (Å²) in [5, 5.41) is 4.51. The second-order valence-corrected chi connectivity index (χ2v) is 17.1. The van der Waals surface area contributed by atoms with Gasteiger partial charge in [0, 0.05) is 49.7 Å². The van der Waals surface area contributed by atoms with E-state index in [2.05, 4.69) is 205 Å². The van der Waals surface area contributed by atoms with Gasteiger partial charge in [-0.3, -0.25) is 0 Å². The lowest BCUT2D eigenvalue weighted by molar-refractivity contribution is 0.669. The highest BCUT2D eigenvalue weighted by Gasteiger charge is 2.51. The van der Waals surface area contributed by atoms with Gasteiger partial charge < -0.3 is 13.7 Å². The summed E-state index contributed by atoms with van der Waals surface area (Å²) in [6, 6.07) is 81.4. The van der Waals surface area contributed by atoms with Crippen LogP contribution in [0.1, 0.15) is 22.3 Å². The maximum atomic E-state index is 6.48. The Morgan fingerprint density at radius 1 is 0.281 bits per heavy atom. The molecule has 0 saturated carbocycles. The highest BCUT2D eigenvalue weighted by atomic mass is 16.3. The average Bonchev–Trinajstić information content (AvgIpc) is 4.10. The molecule has 2 aliphatic carbocycles. The van der Waals surface area contributed by atoms with Crippen LogP contribution in [0.25, 0.3) is 88.4 Å². The zero-order chi connectivity index (χ0) is 41.9. The summed E-state index contributed by atoms with van der Waals surface area (Å²) in [7, 11) is 0. The standard InChI is InChI=1S/C61H37NO2/c1-6-22-53-45(13-1)46-14-2-7-23-54(46)61(53)55-24-8-3-15-47(55)52-37-42(35-36-56(52)61)62(40-31-27-38(28-32-40)43-18-11-20-50-48-16-4-9-25-57(48)63-59(43)50)41-33-29-39(30-34-41)44-19-12-21-51-49-17-5-10-26-58(49)64-60(44)51/h1-37H. The fourth-order valence-corrected chi connectivity index (χ4v) is 11.2. The van der Waals surface area contributed by atoms with Crippen LogP contribution in [0.15, 0.2) is 233 Å². The number of anilines is 3. The third-order valence-corrected chi connectivity index (χ3v) is 13.9. The van der Waals surface area contributed by atoms with Gasteiger partial charge >= 0.3 is 0 Å². The molecule has 10 aromatic carbocycles. The van der Waals surface area contributed by atoms with E-state index in [0.717, 1.165) is 83.2 Å². The molecule has 0 N–H and O–H groups in total. The number of furan rings is 2. The highest BCUT2D eigenvalue weighted by Crippen LogP contribution is 2.63. The van der Waals surface area contributed by atoms with Crippen molar-refractivity contribution in [3.05, 3.63) is 247 Å². The topological polar surface area (TPSA) is 29.5 Å². The molecule has 3 heteroatoms. The molecular formula is C61H37NO2. The Hall–Kier alpha value is -8.40. The summed E-state index contributed by atoms with van der Waals surface area (Å²) in [4.78, 5) is 2.39. The summed E-state index contributed by atoms with van der Waals surface area (Å²) in [6.07, 6.45) is 0. The predicted octanol–water partition coefficient (Wildman–Crippen LogP) is 16.6. The molecule has 0 radical (unpaired) electrons. The smallest absolute Gasteiger partial charge is 0.143 e. The van der Waals surface area contributed by atoms with Crippen molar-refractivity contribution in [3.63, 3.8) is 0 Å². The SMILES string of the molecule is c1ccc2c(c1)-c1ccccc1C21c2ccccc2-c2cc(N(c3ccc(-c4cccc5c4oc4ccccc45)cc3)c3ccc(-c4cccc5c4oc4ccccc45)cc3)ccc21. The Balaban J connectivity index is 0.940. The Bertz CT molecular complexity index is 3650. The molecule has 0 aliphatic heterocycles. The van der Waals surface area contributed by atoms with Gasteiger partial charge in [0.15, 0.2) is 0 Å². The van der Waals surface area contributed by atoms with Crippen molar-refractivity contribution < 1.29 is 8.83 Å². The minimum atomic E-state index is -0.402. The summed E-state index contributed by atoms with van der Waals surface area (Å²) in [5.74, 6) is 0. The first-order valence-electron chi connectivity index (χ1n) is 22.0. The average molecular weight is 816 g/mol. The maximum Gasteiger partial charge on any atom is 0.143 e. The first-order chi connectivity index (χ1) is 31.7. The predicted molar refractivity (Wildman–Crippen MR) is 263 cm³/mol. The van der Waals surface area contributed by atoms with Crippen LogP contribution in [0.5, 0.6) is 0 Å². The quantitative estimate of drug-likeness (QED) is 0.173. The van der Waals surface area contributed by atoms with Gasteiger partial charge in [-0.1, -0.05) is 176 Å². The molecule has 12 aromatic rings. The van der Waals surface area contributed by atoms with Crippen molar-refractivity contribution in [2.45, 2.75) is 5.41 Å². The largest absolute Gasteiger partial charge is 0.455 e. The Morgan fingerprint density at radius 2 is 0.656 bits per heavy atom. The Labute approximate surface area is 369 Å². The molecule has 2 heterocycles. The van der Waals surface area contributed by atoms with Gasteiger partial charge in [0.1, 0.15) is 22.3 Å². The van der Waals surface area contributed by atoms with Crippen molar-refractivity contribution in [1.29, 1.82) is 0 Å². The van der Waals surface area contributed by atoms with Gasteiger partial charge in [-0.15, -0.1) is 0 Å². The molecular weight excluding hydrogens is 779 g/mol. The van der Waals surface area contributed by atoms with Crippen LogP contribution < -0.4 is 4.90 Å². The van der Waals surface area contributed by atoms with E-state index < -0.39 is 5.41 Å². The number of fused-ring (bicyclic) bond motifs is 16. The monoisotopic (exact) mass is 815 g/mol. The fourth-order valence-electron chi connectivity index (χ4n) is 11.2. The first-order valence-corrected chi connectivity index (χ1v) is 22.0. The lowest BCUT2D eigenvalue weighted by atomic mass is 9.70. The van der Waals surface area contributed by atoms with Gasteiger partial charge in [0.2, 0.25) is 0 Å². The molecule has 1 spiro atoms. The third-order valence-electron chi connectivity index (χ3n) is 13.9. The van der Waals surface area contributed by atoms with E-state index >= 15 is 0 Å². The molecule has 0 saturated heterocycles. The summed E-state index contributed by atoms with van der Waals surface area (Å²) in [5.41, 5.74) is 21.3. The second-order valence-electron chi connectivity index (χ2n) is 17.1. The van der Waals surface area contributed by atoms with Gasteiger partial charge in [-0.25, -0.2) is 0 Å². The van der Waals surface area contributed by atoms with E-state index in [4.69, 9.17) is 8.83 Å². The zero-order valence-corrected chi connectivity index (χ0v) is 34.6.